The van der Waals surface area contributed by atoms with Gasteiger partial charge in [0.05, 0.1) is 23.0 Å². The van der Waals surface area contributed by atoms with Crippen LogP contribution in [0.2, 0.25) is 5.02 Å². The number of hydrogen-bond acceptors (Lipinski definition) is 4. The maximum Gasteiger partial charge on any atom is 0.0987 e. The quantitative estimate of drug-likeness (QED) is 0.904. The van der Waals surface area contributed by atoms with Crippen molar-refractivity contribution in [2.75, 3.05) is 33.7 Å². The molecule has 0 saturated carbocycles. The highest BCUT2D eigenvalue weighted by molar-refractivity contribution is 6.31. The molecule has 1 aromatic rings. The van der Waals surface area contributed by atoms with Crippen LogP contribution in [0.1, 0.15) is 25.1 Å². The Morgan fingerprint density at radius 3 is 2.89 bits per heavy atom. The van der Waals surface area contributed by atoms with Crippen molar-refractivity contribution < 1.29 is 5.11 Å². The van der Waals surface area contributed by atoms with Crippen LogP contribution in [0, 0.1) is 0 Å². The van der Waals surface area contributed by atoms with E-state index < -0.39 is 6.10 Å². The molecule has 0 aromatic carbocycles. The van der Waals surface area contributed by atoms with E-state index >= 15 is 0 Å². The number of hydrogen-bond donors (Lipinski definition) is 1. The van der Waals surface area contributed by atoms with Crippen molar-refractivity contribution in [1.29, 1.82) is 0 Å². The molecule has 0 amide bonds. The van der Waals surface area contributed by atoms with Crippen LogP contribution < -0.4 is 0 Å². The molecule has 2 unspecified atom stereocenters. The van der Waals surface area contributed by atoms with Gasteiger partial charge in [0.1, 0.15) is 0 Å². The number of rotatable bonds is 4. The molecule has 0 aliphatic carbocycles. The minimum atomic E-state index is -0.561. The number of halogens is 1. The van der Waals surface area contributed by atoms with Gasteiger partial charge in [-0.2, -0.15) is 5.10 Å². The summed E-state index contributed by atoms with van der Waals surface area (Å²) < 4.78 is 1.78. The summed E-state index contributed by atoms with van der Waals surface area (Å²) in [6.45, 7) is 5.82. The fourth-order valence-electron chi connectivity index (χ4n) is 2.68. The lowest BCUT2D eigenvalue weighted by molar-refractivity contribution is 0.0601. The Bertz CT molecular complexity index is 423. The van der Waals surface area contributed by atoms with E-state index in [-0.39, 0.29) is 0 Å². The molecule has 5 nitrogen and oxygen atoms in total. The second kappa shape index (κ2) is 6.22. The molecule has 108 valence electrons. The number of likely N-dealkylation sites (N-methyl/N-ethyl adjacent to an activating group) is 2. The van der Waals surface area contributed by atoms with Crippen LogP contribution in [0.5, 0.6) is 0 Å². The Labute approximate surface area is 119 Å². The van der Waals surface area contributed by atoms with Gasteiger partial charge in [-0.1, -0.05) is 11.6 Å². The summed E-state index contributed by atoms with van der Waals surface area (Å²) in [5.41, 5.74) is 0.741. The first-order valence-corrected chi connectivity index (χ1v) is 7.18. The average molecular weight is 287 g/mol. The average Bonchev–Trinajstić information content (AvgIpc) is 2.75. The fourth-order valence-corrected chi connectivity index (χ4v) is 2.95. The molecule has 0 bridgehead atoms. The summed E-state index contributed by atoms with van der Waals surface area (Å²) in [6, 6.07) is 0.352. The zero-order valence-corrected chi connectivity index (χ0v) is 12.6. The molecule has 2 atom stereocenters. The molecule has 0 spiro atoms. The first-order chi connectivity index (χ1) is 9.02. The molecule has 0 radical (unpaired) electrons. The van der Waals surface area contributed by atoms with E-state index in [1.54, 1.807) is 10.9 Å². The third-order valence-electron chi connectivity index (χ3n) is 3.92. The van der Waals surface area contributed by atoms with Crippen LogP contribution in [0.25, 0.3) is 0 Å². The van der Waals surface area contributed by atoms with Gasteiger partial charge in [-0.05, 0) is 27.4 Å². The number of aryl methyl sites for hydroxylation is 1. The second-order valence-electron chi connectivity index (χ2n) is 5.34. The smallest absolute Gasteiger partial charge is 0.0987 e. The van der Waals surface area contributed by atoms with Gasteiger partial charge in [-0.15, -0.1) is 0 Å². The molecular weight excluding hydrogens is 264 g/mol. The Balaban J connectivity index is 2.07. The first-order valence-electron chi connectivity index (χ1n) is 6.81. The van der Waals surface area contributed by atoms with Gasteiger partial charge >= 0.3 is 0 Å². The van der Waals surface area contributed by atoms with Gasteiger partial charge in [-0.3, -0.25) is 4.68 Å². The predicted octanol–water partition coefficient (Wildman–Crippen LogP) is 1.23. The van der Waals surface area contributed by atoms with Crippen molar-refractivity contribution in [2.45, 2.75) is 32.0 Å². The SMILES string of the molecule is CCn1ncc(Cl)c1C(O)CC1CN(C)CCN1C. The number of aliphatic hydroxyl groups excluding tert-OH is 1. The largest absolute Gasteiger partial charge is 0.387 e. The summed E-state index contributed by atoms with van der Waals surface area (Å²) in [5.74, 6) is 0. The van der Waals surface area contributed by atoms with Crippen LogP contribution in [0.4, 0.5) is 0 Å². The van der Waals surface area contributed by atoms with Crippen LogP contribution in [0.15, 0.2) is 6.20 Å². The van der Waals surface area contributed by atoms with Crippen molar-refractivity contribution in [3.63, 3.8) is 0 Å². The maximum atomic E-state index is 10.5. The van der Waals surface area contributed by atoms with E-state index in [1.807, 2.05) is 6.92 Å². The summed E-state index contributed by atoms with van der Waals surface area (Å²) >= 11 is 6.13. The molecule has 1 saturated heterocycles. The number of aromatic nitrogens is 2. The fraction of sp³-hybridized carbons (Fsp3) is 0.769. The highest BCUT2D eigenvalue weighted by Gasteiger charge is 2.27. The van der Waals surface area contributed by atoms with Crippen molar-refractivity contribution in [2.24, 2.45) is 0 Å². The molecule has 1 fully saturated rings. The lowest BCUT2D eigenvalue weighted by Crippen LogP contribution is -2.50. The molecule has 2 rings (SSSR count). The van der Waals surface area contributed by atoms with E-state index in [0.29, 0.717) is 17.5 Å². The lowest BCUT2D eigenvalue weighted by Gasteiger charge is -2.38. The van der Waals surface area contributed by atoms with Crippen molar-refractivity contribution in [3.8, 4) is 0 Å². The second-order valence-corrected chi connectivity index (χ2v) is 5.75. The van der Waals surface area contributed by atoms with Gasteiger partial charge in [-0.25, -0.2) is 0 Å². The van der Waals surface area contributed by atoms with Crippen LogP contribution in [0.3, 0.4) is 0 Å². The normalized spacial score (nSPS) is 23.7. The van der Waals surface area contributed by atoms with E-state index in [2.05, 4.69) is 29.0 Å². The van der Waals surface area contributed by atoms with Crippen LogP contribution in [-0.2, 0) is 6.54 Å². The Morgan fingerprint density at radius 1 is 1.47 bits per heavy atom. The Hall–Kier alpha value is -0.620. The summed E-state index contributed by atoms with van der Waals surface area (Å²) in [4.78, 5) is 4.61. The standard InChI is InChI=1S/C13H23ClN4O/c1-4-18-13(11(14)8-15-18)12(19)7-10-9-16(2)5-6-17(10)3/h8,10,12,19H,4-7,9H2,1-3H3. The predicted molar refractivity (Wildman–Crippen MR) is 76.4 cm³/mol. The lowest BCUT2D eigenvalue weighted by atomic mass is 10.0. The highest BCUT2D eigenvalue weighted by atomic mass is 35.5. The molecule has 1 aliphatic rings. The van der Waals surface area contributed by atoms with E-state index in [0.717, 1.165) is 31.9 Å². The minimum absolute atomic E-state index is 0.352. The summed E-state index contributed by atoms with van der Waals surface area (Å²) in [5, 5.41) is 15.2. The highest BCUT2D eigenvalue weighted by Crippen LogP contribution is 2.27. The molecule has 19 heavy (non-hydrogen) atoms. The molecular formula is C13H23ClN4O. The Kier molecular flexibility index (Phi) is 4.84. The van der Waals surface area contributed by atoms with Gasteiger partial charge in [0, 0.05) is 32.2 Å². The topological polar surface area (TPSA) is 44.5 Å². The monoisotopic (exact) mass is 286 g/mol. The number of aliphatic hydroxyl groups is 1. The summed E-state index contributed by atoms with van der Waals surface area (Å²) in [6.07, 6.45) is 1.74. The van der Waals surface area contributed by atoms with Gasteiger partial charge in [0.15, 0.2) is 0 Å². The maximum absolute atomic E-state index is 10.5. The zero-order valence-electron chi connectivity index (χ0n) is 11.9. The van der Waals surface area contributed by atoms with Crippen LogP contribution >= 0.6 is 11.6 Å². The van der Waals surface area contributed by atoms with Gasteiger partial charge in [0.2, 0.25) is 0 Å². The number of piperazine rings is 1. The van der Waals surface area contributed by atoms with Crippen LogP contribution in [-0.4, -0.2) is 64.5 Å². The summed E-state index contributed by atoms with van der Waals surface area (Å²) in [7, 11) is 4.23. The molecule has 6 heteroatoms. The van der Waals surface area contributed by atoms with E-state index in [1.165, 1.54) is 0 Å². The third kappa shape index (κ3) is 3.28. The molecule has 1 aromatic heterocycles. The molecule has 2 heterocycles. The zero-order chi connectivity index (χ0) is 14.0. The minimum Gasteiger partial charge on any atom is -0.387 e. The van der Waals surface area contributed by atoms with Crippen molar-refractivity contribution in [3.05, 3.63) is 16.9 Å². The Morgan fingerprint density at radius 2 is 2.21 bits per heavy atom. The third-order valence-corrected chi connectivity index (χ3v) is 4.22. The first kappa shape index (κ1) is 14.8. The van der Waals surface area contributed by atoms with E-state index in [9.17, 15) is 5.11 Å². The van der Waals surface area contributed by atoms with E-state index in [4.69, 9.17) is 11.6 Å². The van der Waals surface area contributed by atoms with Gasteiger partial charge in [0.25, 0.3) is 0 Å². The number of nitrogens with zero attached hydrogens (tertiary/aromatic N) is 4. The van der Waals surface area contributed by atoms with Crippen molar-refractivity contribution in [1.82, 2.24) is 19.6 Å². The molecule has 1 N–H and O–H groups in total. The van der Waals surface area contributed by atoms with Gasteiger partial charge < -0.3 is 14.9 Å². The molecule has 1 aliphatic heterocycles. The van der Waals surface area contributed by atoms with Crippen molar-refractivity contribution >= 4 is 11.6 Å².